The number of anilines is 1. The number of benzene rings is 3. The third-order valence-electron chi connectivity index (χ3n) is 7.94. The molecule has 3 aromatic rings. The minimum atomic E-state index is -4.91. The number of amides is 2. The van der Waals surface area contributed by atoms with Crippen LogP contribution >= 0.6 is 34.8 Å². The highest BCUT2D eigenvalue weighted by Crippen LogP contribution is 2.38. The molecule has 0 saturated heterocycles. The fourth-order valence-corrected chi connectivity index (χ4v) is 7.40. The molecule has 7 nitrogen and oxygen atoms in total. The van der Waals surface area contributed by atoms with Crippen LogP contribution in [-0.2, 0) is 32.3 Å². The zero-order chi connectivity index (χ0) is 33.8. The van der Waals surface area contributed by atoms with E-state index in [0.717, 1.165) is 54.7 Å². The van der Waals surface area contributed by atoms with Gasteiger partial charge in [-0.05, 0) is 69.2 Å². The molecule has 46 heavy (non-hydrogen) atoms. The molecule has 0 unspecified atom stereocenters. The lowest BCUT2D eigenvalue weighted by Gasteiger charge is -2.33. The van der Waals surface area contributed by atoms with Gasteiger partial charge in [0.2, 0.25) is 11.8 Å². The Balaban J connectivity index is 1.78. The summed E-state index contributed by atoms with van der Waals surface area (Å²) >= 11 is 18.7. The summed E-state index contributed by atoms with van der Waals surface area (Å²) in [5, 5.41) is 2.75. The van der Waals surface area contributed by atoms with Crippen LogP contribution in [-0.4, -0.2) is 43.8 Å². The van der Waals surface area contributed by atoms with Gasteiger partial charge in [0, 0.05) is 28.2 Å². The van der Waals surface area contributed by atoms with E-state index in [-0.39, 0.29) is 27.5 Å². The van der Waals surface area contributed by atoms with Crippen LogP contribution in [0.15, 0.2) is 65.6 Å². The van der Waals surface area contributed by atoms with E-state index >= 15 is 0 Å². The predicted octanol–water partition coefficient (Wildman–Crippen LogP) is 8.04. The van der Waals surface area contributed by atoms with Crippen molar-refractivity contribution in [3.63, 3.8) is 0 Å². The Kier molecular flexibility index (Phi) is 11.6. The summed E-state index contributed by atoms with van der Waals surface area (Å²) in [5.74, 6) is -1.34. The van der Waals surface area contributed by atoms with Gasteiger partial charge in [0.05, 0.1) is 21.2 Å². The molecule has 3 aromatic carbocycles. The second-order valence-electron chi connectivity index (χ2n) is 11.2. The molecule has 1 N–H and O–H groups in total. The summed E-state index contributed by atoms with van der Waals surface area (Å²) in [6.07, 6.45) is -0.389. The molecule has 1 fully saturated rings. The molecule has 1 aliphatic carbocycles. The van der Waals surface area contributed by atoms with Gasteiger partial charge in [-0.25, -0.2) is 8.42 Å². The van der Waals surface area contributed by atoms with Crippen LogP contribution in [0.5, 0.6) is 0 Å². The van der Waals surface area contributed by atoms with E-state index < -0.39 is 56.9 Å². The van der Waals surface area contributed by atoms with Crippen LogP contribution in [0.4, 0.5) is 18.9 Å². The first-order valence-electron chi connectivity index (χ1n) is 14.6. The van der Waals surface area contributed by atoms with Crippen molar-refractivity contribution in [2.24, 2.45) is 0 Å². The summed E-state index contributed by atoms with van der Waals surface area (Å²) in [7, 11) is -4.61. The predicted molar refractivity (Wildman–Crippen MR) is 174 cm³/mol. The third kappa shape index (κ3) is 8.48. The number of hydrogen-bond donors (Lipinski definition) is 1. The summed E-state index contributed by atoms with van der Waals surface area (Å²) in [6.45, 7) is 2.01. The topological polar surface area (TPSA) is 86.8 Å². The number of rotatable bonds is 10. The van der Waals surface area contributed by atoms with Crippen molar-refractivity contribution in [3.8, 4) is 0 Å². The number of nitrogens with zero attached hydrogens (tertiary/aromatic N) is 2. The van der Waals surface area contributed by atoms with E-state index in [2.05, 4.69) is 5.32 Å². The second-order valence-corrected chi connectivity index (χ2v) is 14.3. The minimum absolute atomic E-state index is 0.0853. The maximum atomic E-state index is 14.2. The first-order valence-corrected chi connectivity index (χ1v) is 17.2. The van der Waals surface area contributed by atoms with E-state index in [4.69, 9.17) is 34.8 Å². The van der Waals surface area contributed by atoms with Crippen LogP contribution in [0, 0.1) is 6.92 Å². The maximum Gasteiger partial charge on any atom is 0.417 e. The van der Waals surface area contributed by atoms with E-state index in [1.54, 1.807) is 25.1 Å². The van der Waals surface area contributed by atoms with Crippen molar-refractivity contribution >= 4 is 62.3 Å². The Labute approximate surface area is 281 Å². The number of halogens is 6. The highest BCUT2D eigenvalue weighted by molar-refractivity contribution is 7.92. The SMILES string of the molecule is Cc1ccc(S(=O)(=O)N(CC(=O)N(Cc2c(Cl)cccc2Cl)[C@H](C)C(=O)NC2CCCCC2)c2ccc(Cl)c(C(F)(F)F)c2)cc1. The molecule has 1 atom stereocenters. The maximum absolute atomic E-state index is 14.2. The Morgan fingerprint density at radius 2 is 1.54 bits per heavy atom. The smallest absolute Gasteiger partial charge is 0.352 e. The van der Waals surface area contributed by atoms with Crippen LogP contribution in [0.3, 0.4) is 0 Å². The van der Waals surface area contributed by atoms with Crippen molar-refractivity contribution in [2.45, 2.75) is 75.7 Å². The first kappa shape index (κ1) is 35.9. The normalized spacial score (nSPS) is 14.9. The Hall–Kier alpha value is -2.99. The van der Waals surface area contributed by atoms with Gasteiger partial charge in [-0.15, -0.1) is 0 Å². The first-order chi connectivity index (χ1) is 21.6. The van der Waals surface area contributed by atoms with Gasteiger partial charge in [0.1, 0.15) is 12.6 Å². The fourth-order valence-electron chi connectivity index (χ4n) is 5.26. The minimum Gasteiger partial charge on any atom is -0.352 e. The van der Waals surface area contributed by atoms with Crippen molar-refractivity contribution in [1.82, 2.24) is 10.2 Å². The lowest BCUT2D eigenvalue weighted by Crippen LogP contribution is -2.53. The largest absolute Gasteiger partial charge is 0.417 e. The molecule has 0 radical (unpaired) electrons. The molecule has 0 heterocycles. The van der Waals surface area contributed by atoms with E-state index in [1.807, 2.05) is 0 Å². The van der Waals surface area contributed by atoms with Gasteiger partial charge in [-0.1, -0.05) is 77.8 Å². The second kappa shape index (κ2) is 14.8. The molecule has 1 saturated carbocycles. The van der Waals surface area contributed by atoms with Crippen molar-refractivity contribution in [2.75, 3.05) is 10.8 Å². The Morgan fingerprint density at radius 3 is 2.13 bits per heavy atom. The summed E-state index contributed by atoms with van der Waals surface area (Å²) in [4.78, 5) is 28.5. The average Bonchev–Trinajstić information content (AvgIpc) is 3.00. The zero-order valence-electron chi connectivity index (χ0n) is 25.1. The number of alkyl halides is 3. The standard InChI is InChI=1S/C32H33Cl3F3N3O4S/c1-20-11-14-24(15-12-20)46(44,45)41(23-13-16-29(35)26(17-23)32(36,37)38)19-30(42)40(18-25-27(33)9-6-10-28(25)34)21(2)31(43)39-22-7-4-3-5-8-22/h6,9-17,21-22H,3-5,7-8,18-19H2,1-2H3,(H,39,43)/t21-/m1/s1. The van der Waals surface area contributed by atoms with Crippen LogP contribution in [0.1, 0.15) is 55.7 Å². The van der Waals surface area contributed by atoms with Crippen LogP contribution in [0.25, 0.3) is 0 Å². The molecular weight excluding hydrogens is 686 g/mol. The van der Waals surface area contributed by atoms with Gasteiger partial charge in [0.15, 0.2) is 0 Å². The van der Waals surface area contributed by atoms with Crippen molar-refractivity contribution < 1.29 is 31.2 Å². The molecule has 0 bridgehead atoms. The molecule has 248 valence electrons. The molecule has 0 aliphatic heterocycles. The lowest BCUT2D eigenvalue weighted by atomic mass is 9.95. The summed E-state index contributed by atoms with van der Waals surface area (Å²) in [6, 6.07) is 11.7. The van der Waals surface area contributed by atoms with Gasteiger partial charge < -0.3 is 10.2 Å². The van der Waals surface area contributed by atoms with E-state index in [9.17, 15) is 31.2 Å². The molecule has 0 aromatic heterocycles. The summed E-state index contributed by atoms with van der Waals surface area (Å²) in [5.41, 5.74) is -0.660. The fraction of sp³-hybridized carbons (Fsp3) is 0.375. The van der Waals surface area contributed by atoms with Crippen LogP contribution < -0.4 is 9.62 Å². The van der Waals surface area contributed by atoms with Gasteiger partial charge in [0.25, 0.3) is 10.0 Å². The number of carbonyl (C=O) groups excluding carboxylic acids is 2. The molecule has 14 heteroatoms. The lowest BCUT2D eigenvalue weighted by molar-refractivity contribution is -0.139. The Morgan fingerprint density at radius 1 is 0.935 bits per heavy atom. The molecule has 2 amide bonds. The Bertz CT molecular complexity index is 1660. The highest BCUT2D eigenvalue weighted by atomic mass is 35.5. The van der Waals surface area contributed by atoms with E-state index in [0.29, 0.717) is 15.9 Å². The number of sulfonamides is 1. The number of aryl methyl sites for hydroxylation is 1. The average molecular weight is 719 g/mol. The highest BCUT2D eigenvalue weighted by Gasteiger charge is 2.37. The van der Waals surface area contributed by atoms with Crippen molar-refractivity contribution in [3.05, 3.63) is 92.4 Å². The molecule has 0 spiro atoms. The monoisotopic (exact) mass is 717 g/mol. The number of carbonyl (C=O) groups is 2. The summed E-state index contributed by atoms with van der Waals surface area (Å²) < 4.78 is 70.1. The van der Waals surface area contributed by atoms with Crippen LogP contribution in [0.2, 0.25) is 15.1 Å². The molecule has 1 aliphatic rings. The van der Waals surface area contributed by atoms with E-state index in [1.165, 1.54) is 31.2 Å². The number of nitrogens with one attached hydrogen (secondary N) is 1. The van der Waals surface area contributed by atoms with Gasteiger partial charge in [-0.3, -0.25) is 13.9 Å². The van der Waals surface area contributed by atoms with Gasteiger partial charge in [-0.2, -0.15) is 13.2 Å². The van der Waals surface area contributed by atoms with Gasteiger partial charge >= 0.3 is 6.18 Å². The number of hydrogen-bond acceptors (Lipinski definition) is 4. The molecular formula is C32H33Cl3F3N3O4S. The molecule has 4 rings (SSSR count). The van der Waals surface area contributed by atoms with Crippen molar-refractivity contribution in [1.29, 1.82) is 0 Å². The quantitative estimate of drug-likeness (QED) is 0.230. The third-order valence-corrected chi connectivity index (χ3v) is 10.8. The zero-order valence-corrected chi connectivity index (χ0v) is 28.2.